The van der Waals surface area contributed by atoms with Crippen molar-refractivity contribution in [1.29, 1.82) is 0 Å². The van der Waals surface area contributed by atoms with E-state index in [1.807, 2.05) is 20.8 Å². The molecule has 0 aromatic rings. The fourth-order valence-electron chi connectivity index (χ4n) is 1.56. The first-order valence-corrected chi connectivity index (χ1v) is 4.79. The van der Waals surface area contributed by atoms with Gasteiger partial charge < -0.3 is 9.84 Å². The molecule has 3 heteroatoms. The van der Waals surface area contributed by atoms with Crippen LogP contribution < -0.4 is 0 Å². The zero-order valence-corrected chi connectivity index (χ0v) is 8.54. The first kappa shape index (κ1) is 10.5. The Balaban J connectivity index is 2.41. The van der Waals surface area contributed by atoms with E-state index in [1.165, 1.54) is 0 Å². The van der Waals surface area contributed by atoms with Crippen LogP contribution in [0.15, 0.2) is 0 Å². The first-order valence-electron chi connectivity index (χ1n) is 4.79. The Labute approximate surface area is 79.1 Å². The van der Waals surface area contributed by atoms with Gasteiger partial charge in [-0.05, 0) is 40.0 Å². The summed E-state index contributed by atoms with van der Waals surface area (Å²) in [5.74, 6) is -0.252. The Morgan fingerprint density at radius 3 is 2.38 bits per heavy atom. The molecule has 1 aliphatic carbocycles. The molecular weight excluding hydrogens is 168 g/mol. The molecule has 3 nitrogen and oxygen atoms in total. The molecule has 2 atom stereocenters. The van der Waals surface area contributed by atoms with E-state index in [0.717, 1.165) is 12.8 Å². The zero-order valence-electron chi connectivity index (χ0n) is 8.54. The van der Waals surface area contributed by atoms with E-state index in [0.29, 0.717) is 6.42 Å². The van der Waals surface area contributed by atoms with E-state index in [2.05, 4.69) is 0 Å². The van der Waals surface area contributed by atoms with E-state index < -0.39 is 5.60 Å². The molecule has 1 fully saturated rings. The Morgan fingerprint density at radius 1 is 1.38 bits per heavy atom. The van der Waals surface area contributed by atoms with Gasteiger partial charge in [-0.25, -0.2) is 0 Å². The molecule has 0 aliphatic heterocycles. The lowest BCUT2D eigenvalue weighted by Gasteiger charge is -2.21. The van der Waals surface area contributed by atoms with E-state index >= 15 is 0 Å². The number of esters is 1. The maximum atomic E-state index is 11.5. The fourth-order valence-corrected chi connectivity index (χ4v) is 1.56. The molecule has 1 N–H and O–H groups in total. The van der Waals surface area contributed by atoms with Crippen molar-refractivity contribution in [1.82, 2.24) is 0 Å². The van der Waals surface area contributed by atoms with Crippen molar-refractivity contribution < 1.29 is 14.6 Å². The Hall–Kier alpha value is -0.570. The summed E-state index contributed by atoms with van der Waals surface area (Å²) in [5.41, 5.74) is -0.412. The molecule has 0 amide bonds. The highest BCUT2D eigenvalue weighted by Crippen LogP contribution is 2.27. The van der Waals surface area contributed by atoms with Crippen LogP contribution in [-0.4, -0.2) is 22.8 Å². The molecule has 76 valence electrons. The highest BCUT2D eigenvalue weighted by atomic mass is 16.6. The smallest absolute Gasteiger partial charge is 0.309 e. The minimum Gasteiger partial charge on any atom is -0.460 e. The molecule has 0 spiro atoms. The van der Waals surface area contributed by atoms with Gasteiger partial charge in [-0.1, -0.05) is 0 Å². The van der Waals surface area contributed by atoms with E-state index in [-0.39, 0.29) is 18.0 Å². The summed E-state index contributed by atoms with van der Waals surface area (Å²) in [7, 11) is 0. The lowest BCUT2D eigenvalue weighted by atomic mass is 10.1. The van der Waals surface area contributed by atoms with E-state index in [4.69, 9.17) is 4.74 Å². The van der Waals surface area contributed by atoms with Gasteiger partial charge in [0.25, 0.3) is 0 Å². The summed E-state index contributed by atoms with van der Waals surface area (Å²) < 4.78 is 5.22. The highest BCUT2D eigenvalue weighted by Gasteiger charge is 2.31. The molecule has 1 saturated carbocycles. The molecule has 0 aromatic carbocycles. The summed E-state index contributed by atoms with van der Waals surface area (Å²) in [6.45, 7) is 5.57. The molecule has 0 bridgehead atoms. The van der Waals surface area contributed by atoms with Crippen molar-refractivity contribution in [3.63, 3.8) is 0 Å². The van der Waals surface area contributed by atoms with Crippen LogP contribution in [0, 0.1) is 5.92 Å². The average Bonchev–Trinajstić information content (AvgIpc) is 2.31. The van der Waals surface area contributed by atoms with Crippen LogP contribution in [0.3, 0.4) is 0 Å². The van der Waals surface area contributed by atoms with E-state index in [1.54, 1.807) is 0 Å². The lowest BCUT2D eigenvalue weighted by molar-refractivity contribution is -0.160. The highest BCUT2D eigenvalue weighted by molar-refractivity contribution is 5.73. The third-order valence-electron chi connectivity index (χ3n) is 2.15. The standard InChI is InChI=1S/C10H18O3/c1-10(2,3)13-9(12)7-4-5-8(11)6-7/h7-8,11H,4-6H2,1-3H3/t7-,8+/m0/s1. The van der Waals surface area contributed by atoms with Crippen LogP contribution in [0.25, 0.3) is 0 Å². The summed E-state index contributed by atoms with van der Waals surface area (Å²) in [6.07, 6.45) is 1.74. The average molecular weight is 186 g/mol. The van der Waals surface area contributed by atoms with Crippen LogP contribution in [0.5, 0.6) is 0 Å². The number of carbonyl (C=O) groups excluding carboxylic acids is 1. The Bertz CT molecular complexity index is 193. The van der Waals surface area contributed by atoms with Crippen molar-refractivity contribution in [3.05, 3.63) is 0 Å². The minimum absolute atomic E-state index is 0.0887. The third kappa shape index (κ3) is 3.35. The third-order valence-corrected chi connectivity index (χ3v) is 2.15. The van der Waals surface area contributed by atoms with Crippen LogP contribution in [0.4, 0.5) is 0 Å². The molecular formula is C10H18O3. The van der Waals surface area contributed by atoms with Crippen molar-refractivity contribution in [2.75, 3.05) is 0 Å². The van der Waals surface area contributed by atoms with Crippen molar-refractivity contribution in [3.8, 4) is 0 Å². The van der Waals surface area contributed by atoms with Gasteiger partial charge in [-0.15, -0.1) is 0 Å². The predicted molar refractivity (Wildman–Crippen MR) is 49.2 cm³/mol. The Morgan fingerprint density at radius 2 is 2.00 bits per heavy atom. The van der Waals surface area contributed by atoms with Crippen LogP contribution in [0.1, 0.15) is 40.0 Å². The number of hydrogen-bond acceptors (Lipinski definition) is 3. The topological polar surface area (TPSA) is 46.5 Å². The van der Waals surface area contributed by atoms with E-state index in [9.17, 15) is 9.90 Å². The first-order chi connectivity index (χ1) is 5.88. The molecule has 1 aliphatic rings. The van der Waals surface area contributed by atoms with Gasteiger partial charge in [0.05, 0.1) is 12.0 Å². The van der Waals surface area contributed by atoms with Gasteiger partial charge in [0.15, 0.2) is 0 Å². The van der Waals surface area contributed by atoms with Gasteiger partial charge >= 0.3 is 5.97 Å². The molecule has 0 unspecified atom stereocenters. The molecule has 1 rings (SSSR count). The van der Waals surface area contributed by atoms with Crippen LogP contribution >= 0.6 is 0 Å². The minimum atomic E-state index is -0.412. The summed E-state index contributed by atoms with van der Waals surface area (Å²) in [6, 6.07) is 0. The quantitative estimate of drug-likeness (QED) is 0.631. The van der Waals surface area contributed by atoms with Gasteiger partial charge in [-0.2, -0.15) is 0 Å². The number of hydrogen-bond donors (Lipinski definition) is 1. The molecule has 0 aromatic heterocycles. The monoisotopic (exact) mass is 186 g/mol. The SMILES string of the molecule is CC(C)(C)OC(=O)[C@H]1CC[C@@H](O)C1. The van der Waals surface area contributed by atoms with Gasteiger partial charge in [0, 0.05) is 0 Å². The largest absolute Gasteiger partial charge is 0.460 e. The second-order valence-corrected chi connectivity index (χ2v) is 4.70. The molecule has 0 heterocycles. The normalized spacial score (nSPS) is 28.9. The lowest BCUT2D eigenvalue weighted by Crippen LogP contribution is -2.28. The van der Waals surface area contributed by atoms with Gasteiger partial charge in [0.2, 0.25) is 0 Å². The number of carbonyl (C=O) groups is 1. The molecule has 0 saturated heterocycles. The summed E-state index contributed by atoms with van der Waals surface area (Å²) in [5, 5.41) is 9.24. The second-order valence-electron chi connectivity index (χ2n) is 4.70. The maximum Gasteiger partial charge on any atom is 0.309 e. The predicted octanol–water partition coefficient (Wildman–Crippen LogP) is 1.49. The number of aliphatic hydroxyl groups is 1. The Kier molecular flexibility index (Phi) is 2.96. The number of rotatable bonds is 1. The molecule has 13 heavy (non-hydrogen) atoms. The maximum absolute atomic E-state index is 11.5. The van der Waals surface area contributed by atoms with Crippen molar-refractivity contribution >= 4 is 5.97 Å². The summed E-state index contributed by atoms with van der Waals surface area (Å²) >= 11 is 0. The fraction of sp³-hybridized carbons (Fsp3) is 0.900. The van der Waals surface area contributed by atoms with Crippen LogP contribution in [-0.2, 0) is 9.53 Å². The number of ether oxygens (including phenoxy) is 1. The number of aliphatic hydroxyl groups excluding tert-OH is 1. The molecule has 0 radical (unpaired) electrons. The summed E-state index contributed by atoms with van der Waals surface area (Å²) in [4.78, 5) is 11.5. The van der Waals surface area contributed by atoms with Crippen molar-refractivity contribution in [2.45, 2.75) is 51.7 Å². The zero-order chi connectivity index (χ0) is 10.1. The van der Waals surface area contributed by atoms with Gasteiger partial charge in [-0.3, -0.25) is 4.79 Å². The van der Waals surface area contributed by atoms with Crippen LogP contribution in [0.2, 0.25) is 0 Å². The van der Waals surface area contributed by atoms with Gasteiger partial charge in [0.1, 0.15) is 5.60 Å². The van der Waals surface area contributed by atoms with Crippen molar-refractivity contribution in [2.24, 2.45) is 5.92 Å². The second kappa shape index (κ2) is 3.66.